The summed E-state index contributed by atoms with van der Waals surface area (Å²) in [5, 5.41) is 0. The van der Waals surface area contributed by atoms with Crippen molar-refractivity contribution in [2.45, 2.75) is 19.4 Å². The van der Waals surface area contributed by atoms with Gasteiger partial charge in [0.15, 0.2) is 0 Å². The van der Waals surface area contributed by atoms with Crippen LogP contribution in [0.5, 0.6) is 5.75 Å². The van der Waals surface area contributed by atoms with Gasteiger partial charge in [0.2, 0.25) is 0 Å². The van der Waals surface area contributed by atoms with Gasteiger partial charge in [0.25, 0.3) is 0 Å². The van der Waals surface area contributed by atoms with Crippen LogP contribution in [0.15, 0.2) is 23.8 Å². The van der Waals surface area contributed by atoms with Crippen LogP contribution in [0, 0.1) is 0 Å². The van der Waals surface area contributed by atoms with Gasteiger partial charge >= 0.3 is 0 Å². The Morgan fingerprint density at radius 1 is 1.43 bits per heavy atom. The molecular formula is C12H15NO. The third-order valence-electron chi connectivity index (χ3n) is 2.69. The van der Waals surface area contributed by atoms with Crippen LogP contribution in [-0.2, 0) is 6.42 Å². The first-order chi connectivity index (χ1) is 6.72. The lowest BCUT2D eigenvalue weighted by Crippen LogP contribution is -2.17. The summed E-state index contributed by atoms with van der Waals surface area (Å²) in [4.78, 5) is 0. The lowest BCUT2D eigenvalue weighted by Gasteiger charge is -2.05. The van der Waals surface area contributed by atoms with Crippen molar-refractivity contribution in [3.8, 4) is 5.75 Å². The molecule has 2 rings (SSSR count). The Balaban J connectivity index is 2.42. The molecule has 0 heterocycles. The molecule has 0 saturated carbocycles. The van der Waals surface area contributed by atoms with Crippen molar-refractivity contribution < 1.29 is 4.74 Å². The van der Waals surface area contributed by atoms with Gasteiger partial charge in [-0.3, -0.25) is 0 Å². The third-order valence-corrected chi connectivity index (χ3v) is 2.69. The fourth-order valence-corrected chi connectivity index (χ4v) is 1.83. The van der Waals surface area contributed by atoms with Crippen LogP contribution < -0.4 is 10.5 Å². The number of methoxy groups -OCH3 is 1. The first-order valence-electron chi connectivity index (χ1n) is 4.84. The zero-order valence-electron chi connectivity index (χ0n) is 8.58. The van der Waals surface area contributed by atoms with Gasteiger partial charge in [-0.15, -0.1) is 0 Å². The van der Waals surface area contributed by atoms with Crippen molar-refractivity contribution in [2.75, 3.05) is 7.11 Å². The first-order valence-corrected chi connectivity index (χ1v) is 4.84. The van der Waals surface area contributed by atoms with Gasteiger partial charge in [-0.2, -0.15) is 0 Å². The van der Waals surface area contributed by atoms with Crippen LogP contribution in [-0.4, -0.2) is 13.2 Å². The molecule has 2 heteroatoms. The minimum absolute atomic E-state index is 0.132. The molecule has 1 aromatic rings. The van der Waals surface area contributed by atoms with Crippen LogP contribution >= 0.6 is 0 Å². The van der Waals surface area contributed by atoms with E-state index in [0.717, 1.165) is 12.2 Å². The summed E-state index contributed by atoms with van der Waals surface area (Å²) in [5.74, 6) is 0.943. The molecule has 2 N–H and O–H groups in total. The molecule has 14 heavy (non-hydrogen) atoms. The van der Waals surface area contributed by atoms with Crippen LogP contribution in [0.1, 0.15) is 18.1 Å². The summed E-state index contributed by atoms with van der Waals surface area (Å²) in [6, 6.07) is 6.27. The molecule has 0 saturated heterocycles. The number of nitrogens with two attached hydrogens (primary N) is 1. The SMILES string of the molecule is COc1cccc2c1C=C(C(C)N)C2. The van der Waals surface area contributed by atoms with Crippen LogP contribution in [0.3, 0.4) is 0 Å². The molecule has 1 aliphatic carbocycles. The van der Waals surface area contributed by atoms with Crippen molar-refractivity contribution in [3.05, 3.63) is 34.9 Å². The summed E-state index contributed by atoms with van der Waals surface area (Å²) < 4.78 is 5.30. The van der Waals surface area contributed by atoms with E-state index >= 15 is 0 Å². The van der Waals surface area contributed by atoms with Crippen LogP contribution in [0.4, 0.5) is 0 Å². The molecule has 0 amide bonds. The number of ether oxygens (including phenoxy) is 1. The number of fused-ring (bicyclic) bond motifs is 1. The molecule has 0 aliphatic heterocycles. The fraction of sp³-hybridized carbons (Fsp3) is 0.333. The second-order valence-corrected chi connectivity index (χ2v) is 3.72. The van der Waals surface area contributed by atoms with E-state index in [1.807, 2.05) is 19.1 Å². The molecule has 0 spiro atoms. The number of benzene rings is 1. The number of hydrogen-bond donors (Lipinski definition) is 1. The van der Waals surface area contributed by atoms with Crippen molar-refractivity contribution in [1.29, 1.82) is 0 Å². The predicted molar refractivity (Wildman–Crippen MR) is 58.3 cm³/mol. The molecule has 0 radical (unpaired) electrons. The van der Waals surface area contributed by atoms with E-state index in [-0.39, 0.29) is 6.04 Å². The monoisotopic (exact) mass is 189 g/mol. The maximum atomic E-state index is 5.86. The van der Waals surface area contributed by atoms with Crippen molar-refractivity contribution >= 4 is 6.08 Å². The second-order valence-electron chi connectivity index (χ2n) is 3.72. The van der Waals surface area contributed by atoms with Crippen LogP contribution in [0.25, 0.3) is 6.08 Å². The Morgan fingerprint density at radius 2 is 2.21 bits per heavy atom. The third kappa shape index (κ3) is 1.42. The van der Waals surface area contributed by atoms with Crippen molar-refractivity contribution in [2.24, 2.45) is 5.73 Å². The fourth-order valence-electron chi connectivity index (χ4n) is 1.83. The van der Waals surface area contributed by atoms with Gasteiger partial charge in [0.1, 0.15) is 5.75 Å². The van der Waals surface area contributed by atoms with Gasteiger partial charge in [-0.25, -0.2) is 0 Å². The summed E-state index contributed by atoms with van der Waals surface area (Å²) in [7, 11) is 1.70. The van der Waals surface area contributed by atoms with Gasteiger partial charge in [-0.1, -0.05) is 12.1 Å². The molecule has 0 aromatic heterocycles. The minimum atomic E-state index is 0.132. The first kappa shape index (κ1) is 9.28. The smallest absolute Gasteiger partial charge is 0.126 e. The van der Waals surface area contributed by atoms with Gasteiger partial charge in [-0.05, 0) is 36.6 Å². The van der Waals surface area contributed by atoms with E-state index in [1.54, 1.807) is 7.11 Å². The minimum Gasteiger partial charge on any atom is -0.496 e. The molecule has 2 nitrogen and oxygen atoms in total. The standard InChI is InChI=1S/C12H15NO/c1-8(13)10-6-9-4-3-5-12(14-2)11(9)7-10/h3-5,7-8H,6,13H2,1-2H3. The number of rotatable bonds is 2. The highest BCUT2D eigenvalue weighted by molar-refractivity contribution is 5.69. The lowest BCUT2D eigenvalue weighted by atomic mass is 10.1. The van der Waals surface area contributed by atoms with E-state index in [2.05, 4.69) is 12.1 Å². The highest BCUT2D eigenvalue weighted by Crippen LogP contribution is 2.32. The van der Waals surface area contributed by atoms with Gasteiger partial charge in [0.05, 0.1) is 7.11 Å². The largest absolute Gasteiger partial charge is 0.496 e. The maximum absolute atomic E-state index is 5.86. The molecule has 0 fully saturated rings. The molecule has 1 aliphatic rings. The average molecular weight is 189 g/mol. The summed E-state index contributed by atoms with van der Waals surface area (Å²) in [5.41, 5.74) is 9.65. The van der Waals surface area contributed by atoms with E-state index in [1.165, 1.54) is 16.7 Å². The lowest BCUT2D eigenvalue weighted by molar-refractivity contribution is 0.413. The Hall–Kier alpha value is -1.28. The molecular weight excluding hydrogens is 174 g/mol. The van der Waals surface area contributed by atoms with E-state index in [4.69, 9.17) is 10.5 Å². The number of hydrogen-bond acceptors (Lipinski definition) is 2. The van der Waals surface area contributed by atoms with Gasteiger partial charge < -0.3 is 10.5 Å². The summed E-state index contributed by atoms with van der Waals surface area (Å²) >= 11 is 0. The summed E-state index contributed by atoms with van der Waals surface area (Å²) in [6.07, 6.45) is 3.11. The second kappa shape index (κ2) is 3.46. The van der Waals surface area contributed by atoms with E-state index in [0.29, 0.717) is 0 Å². The van der Waals surface area contributed by atoms with E-state index in [9.17, 15) is 0 Å². The zero-order valence-corrected chi connectivity index (χ0v) is 8.58. The molecule has 0 bridgehead atoms. The molecule has 1 atom stereocenters. The average Bonchev–Trinajstić information content (AvgIpc) is 2.60. The Bertz CT molecular complexity index is 380. The Morgan fingerprint density at radius 3 is 2.86 bits per heavy atom. The topological polar surface area (TPSA) is 35.2 Å². The predicted octanol–water partition coefficient (Wildman–Crippen LogP) is 1.98. The van der Waals surface area contributed by atoms with Crippen molar-refractivity contribution in [1.82, 2.24) is 0 Å². The highest BCUT2D eigenvalue weighted by Gasteiger charge is 2.17. The molecule has 1 unspecified atom stereocenters. The van der Waals surface area contributed by atoms with Crippen LogP contribution in [0.2, 0.25) is 0 Å². The molecule has 74 valence electrons. The quantitative estimate of drug-likeness (QED) is 0.772. The zero-order chi connectivity index (χ0) is 10.1. The molecule has 1 aromatic carbocycles. The maximum Gasteiger partial charge on any atom is 0.126 e. The Labute approximate surface area is 84.4 Å². The highest BCUT2D eigenvalue weighted by atomic mass is 16.5. The van der Waals surface area contributed by atoms with E-state index < -0.39 is 0 Å². The van der Waals surface area contributed by atoms with Crippen molar-refractivity contribution in [3.63, 3.8) is 0 Å². The normalized spacial score (nSPS) is 16.1. The summed E-state index contributed by atoms with van der Waals surface area (Å²) in [6.45, 7) is 2.02. The van der Waals surface area contributed by atoms with Gasteiger partial charge in [0, 0.05) is 11.6 Å². The Kier molecular flexibility index (Phi) is 2.30.